The molecule has 0 radical (unpaired) electrons. The van der Waals surface area contributed by atoms with Crippen LogP contribution < -0.4 is 19.7 Å². The Bertz CT molecular complexity index is 912. The predicted octanol–water partition coefficient (Wildman–Crippen LogP) is 2.60. The molecule has 2 aromatic rings. The Balaban J connectivity index is 1.75. The third-order valence-electron chi connectivity index (χ3n) is 4.54. The van der Waals surface area contributed by atoms with Gasteiger partial charge in [0.05, 0.1) is 25.1 Å². The van der Waals surface area contributed by atoms with Crippen molar-refractivity contribution < 1.29 is 24.0 Å². The number of nitro benzene ring substituents is 1. The van der Waals surface area contributed by atoms with Gasteiger partial charge in [0.15, 0.2) is 0 Å². The van der Waals surface area contributed by atoms with Crippen LogP contribution in [-0.4, -0.2) is 37.5 Å². The van der Waals surface area contributed by atoms with Gasteiger partial charge in [0.2, 0.25) is 11.8 Å². The molecule has 0 aromatic heterocycles. The van der Waals surface area contributed by atoms with Crippen LogP contribution in [0.2, 0.25) is 0 Å². The molecule has 1 N–H and O–H groups in total. The Labute approximate surface area is 161 Å². The minimum Gasteiger partial charge on any atom is -0.497 e. The molecule has 0 bridgehead atoms. The number of methoxy groups -OCH3 is 2. The minimum atomic E-state index is -0.625. The molecule has 2 amide bonds. The number of rotatable bonds is 6. The highest BCUT2D eigenvalue weighted by Crippen LogP contribution is 2.31. The van der Waals surface area contributed by atoms with E-state index in [9.17, 15) is 19.7 Å². The van der Waals surface area contributed by atoms with Gasteiger partial charge in [-0.1, -0.05) is 0 Å². The second-order valence-electron chi connectivity index (χ2n) is 6.23. The lowest BCUT2D eigenvalue weighted by Gasteiger charge is -2.17. The van der Waals surface area contributed by atoms with Gasteiger partial charge in [-0.25, -0.2) is 0 Å². The van der Waals surface area contributed by atoms with Gasteiger partial charge < -0.3 is 19.7 Å². The Morgan fingerprint density at radius 3 is 2.39 bits per heavy atom. The zero-order valence-corrected chi connectivity index (χ0v) is 15.4. The predicted molar refractivity (Wildman–Crippen MR) is 102 cm³/mol. The fourth-order valence-corrected chi connectivity index (χ4v) is 3.03. The molecule has 9 heteroatoms. The van der Waals surface area contributed by atoms with E-state index in [1.54, 1.807) is 31.4 Å². The van der Waals surface area contributed by atoms with Gasteiger partial charge in [-0.15, -0.1) is 0 Å². The van der Waals surface area contributed by atoms with Crippen LogP contribution in [0.1, 0.15) is 6.42 Å². The summed E-state index contributed by atoms with van der Waals surface area (Å²) in [6, 6.07) is 11.0. The lowest BCUT2D eigenvalue weighted by Crippen LogP contribution is -2.28. The number of amides is 2. The Morgan fingerprint density at radius 1 is 1.14 bits per heavy atom. The highest BCUT2D eigenvalue weighted by atomic mass is 16.6. The van der Waals surface area contributed by atoms with E-state index >= 15 is 0 Å². The lowest BCUT2D eigenvalue weighted by atomic mass is 10.1. The quantitative estimate of drug-likeness (QED) is 0.604. The summed E-state index contributed by atoms with van der Waals surface area (Å²) in [5, 5.41) is 13.8. The van der Waals surface area contributed by atoms with Crippen LogP contribution in [0.15, 0.2) is 42.5 Å². The summed E-state index contributed by atoms with van der Waals surface area (Å²) in [4.78, 5) is 37.1. The average Bonchev–Trinajstić information content (AvgIpc) is 3.09. The number of hydrogen-bond acceptors (Lipinski definition) is 6. The number of nitrogens with one attached hydrogen (secondary N) is 1. The van der Waals surface area contributed by atoms with E-state index in [1.807, 2.05) is 0 Å². The molecule has 146 valence electrons. The van der Waals surface area contributed by atoms with Crippen molar-refractivity contribution in [1.29, 1.82) is 0 Å². The Hall–Kier alpha value is -3.62. The molecular formula is C19H19N3O6. The van der Waals surface area contributed by atoms with Gasteiger partial charge in [-0.2, -0.15) is 0 Å². The van der Waals surface area contributed by atoms with Crippen LogP contribution in [-0.2, 0) is 9.59 Å². The molecule has 3 rings (SSSR count). The first-order valence-electron chi connectivity index (χ1n) is 8.50. The van der Waals surface area contributed by atoms with Gasteiger partial charge in [-0.05, 0) is 30.3 Å². The van der Waals surface area contributed by atoms with E-state index in [1.165, 1.54) is 30.2 Å². The Kier molecular flexibility index (Phi) is 5.44. The van der Waals surface area contributed by atoms with Crippen molar-refractivity contribution in [2.24, 2.45) is 5.92 Å². The fraction of sp³-hybridized carbons (Fsp3) is 0.263. The summed E-state index contributed by atoms with van der Waals surface area (Å²) in [6.45, 7) is 0.189. The number of anilines is 2. The van der Waals surface area contributed by atoms with Crippen LogP contribution in [0.25, 0.3) is 0 Å². The maximum absolute atomic E-state index is 12.6. The molecule has 1 heterocycles. The van der Waals surface area contributed by atoms with Crippen molar-refractivity contribution in [3.05, 3.63) is 52.6 Å². The molecular weight excluding hydrogens is 366 g/mol. The highest BCUT2D eigenvalue weighted by Gasteiger charge is 2.35. The highest BCUT2D eigenvalue weighted by molar-refractivity contribution is 6.04. The average molecular weight is 385 g/mol. The van der Waals surface area contributed by atoms with E-state index in [2.05, 4.69) is 5.32 Å². The molecule has 2 aromatic carbocycles. The van der Waals surface area contributed by atoms with Crippen LogP contribution in [0.3, 0.4) is 0 Å². The van der Waals surface area contributed by atoms with Gasteiger partial charge >= 0.3 is 0 Å². The van der Waals surface area contributed by atoms with E-state index in [-0.39, 0.29) is 30.2 Å². The first-order chi connectivity index (χ1) is 13.4. The molecule has 0 aliphatic carbocycles. The van der Waals surface area contributed by atoms with Crippen molar-refractivity contribution in [2.75, 3.05) is 31.0 Å². The molecule has 0 unspecified atom stereocenters. The molecule has 28 heavy (non-hydrogen) atoms. The third-order valence-corrected chi connectivity index (χ3v) is 4.54. The zero-order valence-electron chi connectivity index (χ0n) is 15.4. The van der Waals surface area contributed by atoms with Crippen molar-refractivity contribution in [2.45, 2.75) is 6.42 Å². The topological polar surface area (TPSA) is 111 Å². The summed E-state index contributed by atoms with van der Waals surface area (Å²) in [6.07, 6.45) is 0.0234. The third kappa shape index (κ3) is 3.88. The first-order valence-corrected chi connectivity index (χ1v) is 8.50. The fourth-order valence-electron chi connectivity index (χ4n) is 3.03. The number of nitrogens with zero attached hydrogens (tertiary/aromatic N) is 2. The largest absolute Gasteiger partial charge is 0.497 e. The van der Waals surface area contributed by atoms with Gasteiger partial charge in [0.25, 0.3) is 5.69 Å². The molecule has 1 fully saturated rings. The molecule has 0 saturated carbocycles. The maximum Gasteiger partial charge on any atom is 0.293 e. The summed E-state index contributed by atoms with van der Waals surface area (Å²) < 4.78 is 10.2. The van der Waals surface area contributed by atoms with Crippen molar-refractivity contribution in [3.8, 4) is 11.5 Å². The number of benzene rings is 2. The molecule has 1 atom stereocenters. The van der Waals surface area contributed by atoms with Gasteiger partial charge in [-0.3, -0.25) is 19.7 Å². The summed E-state index contributed by atoms with van der Waals surface area (Å²) >= 11 is 0. The molecule has 0 spiro atoms. The number of hydrogen-bond donors (Lipinski definition) is 1. The van der Waals surface area contributed by atoms with Gasteiger partial charge in [0, 0.05) is 30.8 Å². The molecule has 1 aliphatic heterocycles. The number of ether oxygens (including phenoxy) is 2. The second-order valence-corrected chi connectivity index (χ2v) is 6.23. The summed E-state index contributed by atoms with van der Waals surface area (Å²) in [7, 11) is 2.98. The number of nitro groups is 1. The normalized spacial score (nSPS) is 16.0. The number of carbonyl (C=O) groups is 2. The molecule has 1 aliphatic rings. The molecule has 9 nitrogen and oxygen atoms in total. The lowest BCUT2D eigenvalue weighted by molar-refractivity contribution is -0.383. The van der Waals surface area contributed by atoms with E-state index in [0.717, 1.165) is 0 Å². The SMILES string of the molecule is COc1ccc(N2C[C@@H](C(=O)Nc3cc(OC)ccc3[N+](=O)[O-])CC2=O)cc1. The maximum atomic E-state index is 12.6. The van der Waals surface area contributed by atoms with Crippen LogP contribution in [0, 0.1) is 16.0 Å². The number of carbonyl (C=O) groups excluding carboxylic acids is 2. The minimum absolute atomic E-state index is 0.0234. The standard InChI is InChI=1S/C19H19N3O6/c1-27-14-5-3-13(4-6-14)21-11-12(9-18(21)23)19(24)20-16-10-15(28-2)7-8-17(16)22(25)26/h3-8,10,12H,9,11H2,1-2H3,(H,20,24)/t12-/m0/s1. The zero-order chi connectivity index (χ0) is 20.3. The van der Waals surface area contributed by atoms with Gasteiger partial charge in [0.1, 0.15) is 17.2 Å². The smallest absolute Gasteiger partial charge is 0.293 e. The monoisotopic (exact) mass is 385 g/mol. The summed E-state index contributed by atoms with van der Waals surface area (Å²) in [5.74, 6) is -0.232. The first kappa shape index (κ1) is 19.2. The van der Waals surface area contributed by atoms with Crippen molar-refractivity contribution >= 4 is 28.9 Å². The summed E-state index contributed by atoms with van der Waals surface area (Å²) in [5.41, 5.74) is 0.448. The van der Waals surface area contributed by atoms with Crippen molar-refractivity contribution in [3.63, 3.8) is 0 Å². The molecule has 1 saturated heterocycles. The van der Waals surface area contributed by atoms with Crippen molar-refractivity contribution in [1.82, 2.24) is 0 Å². The second kappa shape index (κ2) is 7.95. The van der Waals surface area contributed by atoms with Crippen LogP contribution in [0.4, 0.5) is 17.1 Å². The Morgan fingerprint density at radius 2 is 1.79 bits per heavy atom. The van der Waals surface area contributed by atoms with E-state index < -0.39 is 16.7 Å². The van der Waals surface area contributed by atoms with E-state index in [0.29, 0.717) is 17.2 Å². The van der Waals surface area contributed by atoms with Crippen LogP contribution >= 0.6 is 0 Å². The van der Waals surface area contributed by atoms with E-state index in [4.69, 9.17) is 9.47 Å². The van der Waals surface area contributed by atoms with Crippen LogP contribution in [0.5, 0.6) is 11.5 Å².